The van der Waals surface area contributed by atoms with E-state index in [1.165, 1.54) is 7.11 Å². The van der Waals surface area contributed by atoms with Crippen LogP contribution in [-0.4, -0.2) is 41.2 Å². The van der Waals surface area contributed by atoms with E-state index in [4.69, 9.17) is 16.2 Å². The van der Waals surface area contributed by atoms with Gasteiger partial charge < -0.3 is 16.2 Å². The zero-order chi connectivity index (χ0) is 22.3. The Bertz CT molecular complexity index is 1030. The van der Waals surface area contributed by atoms with Crippen LogP contribution >= 0.6 is 0 Å². The van der Waals surface area contributed by atoms with Crippen molar-refractivity contribution >= 4 is 11.7 Å². The molecule has 0 fully saturated rings. The van der Waals surface area contributed by atoms with E-state index in [2.05, 4.69) is 15.0 Å². The first-order valence-corrected chi connectivity index (χ1v) is 8.55. The number of aliphatic imine (C=N–C) groups is 1. The number of alkyl halides is 4. The summed E-state index contributed by atoms with van der Waals surface area (Å²) >= 11 is 0. The molecule has 12 heteroatoms. The van der Waals surface area contributed by atoms with Crippen molar-refractivity contribution in [2.24, 2.45) is 16.5 Å². The van der Waals surface area contributed by atoms with Gasteiger partial charge in [-0.1, -0.05) is 0 Å². The van der Waals surface area contributed by atoms with Crippen molar-refractivity contribution in [3.8, 4) is 17.0 Å². The van der Waals surface area contributed by atoms with E-state index < -0.39 is 59.7 Å². The maximum Gasteiger partial charge on any atom is 0.286 e. The highest BCUT2D eigenvalue weighted by Gasteiger charge is 2.63. The fourth-order valence-corrected chi connectivity index (χ4v) is 3.23. The Hall–Kier alpha value is -3.31. The molecule has 1 aliphatic rings. The van der Waals surface area contributed by atoms with E-state index in [0.717, 1.165) is 24.4 Å². The van der Waals surface area contributed by atoms with Crippen LogP contribution in [0.15, 0.2) is 29.4 Å². The quantitative estimate of drug-likeness (QED) is 0.709. The van der Waals surface area contributed by atoms with Crippen molar-refractivity contribution < 1.29 is 31.5 Å². The second-order valence-electron chi connectivity index (χ2n) is 6.54. The number of nitrogens with two attached hydrogens (primary N) is 2. The lowest BCUT2D eigenvalue weighted by molar-refractivity contribution is -0.145. The van der Waals surface area contributed by atoms with Gasteiger partial charge in [0.05, 0.1) is 19.1 Å². The Morgan fingerprint density at radius 1 is 1.30 bits per heavy atom. The smallest absolute Gasteiger partial charge is 0.286 e. The SMILES string of the molecule is COc1cnc(C(N)=O)nc1-c1ccc(F)c(C2(C(F)F)N=C(N)CCC2(F)F)c1. The number of rotatable bonds is 5. The highest BCUT2D eigenvalue weighted by atomic mass is 19.3. The minimum atomic E-state index is -4.09. The number of aromatic nitrogens is 2. The number of halogens is 5. The summed E-state index contributed by atoms with van der Waals surface area (Å²) in [5, 5.41) is 0. The first kappa shape index (κ1) is 21.4. The van der Waals surface area contributed by atoms with Crippen LogP contribution in [0.25, 0.3) is 11.3 Å². The summed E-state index contributed by atoms with van der Waals surface area (Å²) in [6, 6.07) is 2.57. The van der Waals surface area contributed by atoms with Crippen LogP contribution in [0.4, 0.5) is 22.0 Å². The van der Waals surface area contributed by atoms with Crippen molar-refractivity contribution in [1.29, 1.82) is 0 Å². The lowest BCUT2D eigenvalue weighted by atomic mass is 9.79. The first-order chi connectivity index (χ1) is 14.0. The molecule has 1 aliphatic heterocycles. The van der Waals surface area contributed by atoms with Gasteiger partial charge in [-0.15, -0.1) is 0 Å². The number of nitrogens with zero attached hydrogens (tertiary/aromatic N) is 3. The van der Waals surface area contributed by atoms with Crippen molar-refractivity contribution in [3.63, 3.8) is 0 Å². The first-order valence-electron chi connectivity index (χ1n) is 8.55. The summed E-state index contributed by atoms with van der Waals surface area (Å²) in [6.45, 7) is 0. The number of ether oxygens (including phenoxy) is 1. The molecule has 160 valence electrons. The second-order valence-corrected chi connectivity index (χ2v) is 6.54. The van der Waals surface area contributed by atoms with Crippen molar-refractivity contribution in [3.05, 3.63) is 41.6 Å². The third-order valence-electron chi connectivity index (χ3n) is 4.73. The minimum Gasteiger partial charge on any atom is -0.493 e. The summed E-state index contributed by atoms with van der Waals surface area (Å²) in [5.74, 6) is -7.33. The average molecular weight is 429 g/mol. The molecular formula is C18H16F5N5O2. The molecular weight excluding hydrogens is 413 g/mol. The van der Waals surface area contributed by atoms with Crippen molar-refractivity contribution in [2.75, 3.05) is 7.11 Å². The van der Waals surface area contributed by atoms with Gasteiger partial charge in [-0.05, 0) is 18.2 Å². The second kappa shape index (κ2) is 7.50. The van der Waals surface area contributed by atoms with Crippen molar-refractivity contribution in [2.45, 2.75) is 30.7 Å². The molecule has 7 nitrogen and oxygen atoms in total. The van der Waals surface area contributed by atoms with Crippen LogP contribution in [0.3, 0.4) is 0 Å². The van der Waals surface area contributed by atoms with Gasteiger partial charge >= 0.3 is 0 Å². The Morgan fingerprint density at radius 3 is 2.60 bits per heavy atom. The topological polar surface area (TPSA) is 116 Å². The predicted molar refractivity (Wildman–Crippen MR) is 96.0 cm³/mol. The molecule has 0 saturated carbocycles. The molecule has 30 heavy (non-hydrogen) atoms. The number of benzene rings is 1. The average Bonchev–Trinajstić information content (AvgIpc) is 2.69. The molecule has 1 atom stereocenters. The molecule has 0 aliphatic carbocycles. The summed E-state index contributed by atoms with van der Waals surface area (Å²) in [6.07, 6.45) is -4.13. The maximum absolute atomic E-state index is 14.7. The van der Waals surface area contributed by atoms with E-state index in [1.807, 2.05) is 0 Å². The normalized spacial score (nSPS) is 20.7. The number of primary amides is 1. The van der Waals surface area contributed by atoms with Gasteiger partial charge in [-0.25, -0.2) is 36.9 Å². The number of carbonyl (C=O) groups excluding carboxylic acids is 1. The number of amides is 1. The van der Waals surface area contributed by atoms with Gasteiger partial charge in [-0.3, -0.25) is 4.79 Å². The van der Waals surface area contributed by atoms with E-state index in [1.54, 1.807) is 0 Å². The molecule has 0 bridgehead atoms. The number of hydrogen-bond donors (Lipinski definition) is 2. The molecule has 2 heterocycles. The van der Waals surface area contributed by atoms with Gasteiger partial charge in [0.1, 0.15) is 11.5 Å². The summed E-state index contributed by atoms with van der Waals surface area (Å²) in [5.41, 5.74) is 5.79. The van der Waals surface area contributed by atoms with Crippen LogP contribution in [-0.2, 0) is 5.54 Å². The van der Waals surface area contributed by atoms with Gasteiger partial charge in [0.25, 0.3) is 18.3 Å². The molecule has 4 N–H and O–H groups in total. The molecule has 0 spiro atoms. The molecule has 3 rings (SSSR count). The standard InChI is InChI=1S/C18H16F5N5O2/c1-30-11-7-26-15(14(25)29)27-13(11)8-2-3-10(19)9(6-8)18(16(20)21)17(22,23)5-4-12(24)28-18/h2-3,6-7,16H,4-5H2,1H3,(H2,24,28)(H2,25,29). The van der Waals surface area contributed by atoms with Crippen LogP contribution in [0, 0.1) is 5.82 Å². The third-order valence-corrected chi connectivity index (χ3v) is 4.73. The van der Waals surface area contributed by atoms with Crippen LogP contribution in [0.2, 0.25) is 0 Å². The van der Waals surface area contributed by atoms with E-state index in [9.17, 15) is 26.7 Å². The number of carbonyl (C=O) groups is 1. The third kappa shape index (κ3) is 3.31. The highest BCUT2D eigenvalue weighted by Crippen LogP contribution is 2.51. The molecule has 1 unspecified atom stereocenters. The van der Waals surface area contributed by atoms with E-state index in [-0.39, 0.29) is 17.0 Å². The maximum atomic E-state index is 14.7. The molecule has 1 amide bonds. The number of methoxy groups -OCH3 is 1. The van der Waals surface area contributed by atoms with Crippen LogP contribution in [0.5, 0.6) is 5.75 Å². The fourth-order valence-electron chi connectivity index (χ4n) is 3.23. The van der Waals surface area contributed by atoms with Gasteiger partial charge in [0.15, 0.2) is 5.75 Å². The van der Waals surface area contributed by atoms with Crippen LogP contribution in [0.1, 0.15) is 29.0 Å². The lowest BCUT2D eigenvalue weighted by Gasteiger charge is -2.40. The van der Waals surface area contributed by atoms with Gasteiger partial charge in [0.2, 0.25) is 11.4 Å². The van der Waals surface area contributed by atoms with Gasteiger partial charge in [-0.2, -0.15) is 0 Å². The Balaban J connectivity index is 2.30. The molecule has 2 aromatic rings. The van der Waals surface area contributed by atoms with E-state index >= 15 is 0 Å². The summed E-state index contributed by atoms with van der Waals surface area (Å²) < 4.78 is 77.2. The largest absolute Gasteiger partial charge is 0.493 e. The number of amidine groups is 1. The highest BCUT2D eigenvalue weighted by molar-refractivity contribution is 5.89. The number of hydrogen-bond acceptors (Lipinski definition) is 6. The fraction of sp³-hybridized carbons (Fsp3) is 0.333. The summed E-state index contributed by atoms with van der Waals surface area (Å²) in [7, 11) is 1.23. The van der Waals surface area contributed by atoms with Gasteiger partial charge in [0, 0.05) is 24.0 Å². The molecule has 0 radical (unpaired) electrons. The minimum absolute atomic E-state index is 0.0259. The lowest BCUT2D eigenvalue weighted by Crippen LogP contribution is -2.54. The predicted octanol–water partition coefficient (Wildman–Crippen LogP) is 2.64. The monoisotopic (exact) mass is 429 g/mol. The van der Waals surface area contributed by atoms with Crippen LogP contribution < -0.4 is 16.2 Å². The molecule has 1 aromatic carbocycles. The van der Waals surface area contributed by atoms with Crippen molar-refractivity contribution in [1.82, 2.24) is 9.97 Å². The Kier molecular flexibility index (Phi) is 5.35. The molecule has 1 aromatic heterocycles. The molecule has 0 saturated heterocycles. The Labute approximate surface area is 167 Å². The zero-order valence-electron chi connectivity index (χ0n) is 15.5. The zero-order valence-corrected chi connectivity index (χ0v) is 15.5. The van der Waals surface area contributed by atoms with E-state index in [0.29, 0.717) is 0 Å². The summed E-state index contributed by atoms with van der Waals surface area (Å²) in [4.78, 5) is 22.3. The Morgan fingerprint density at radius 2 is 2.00 bits per heavy atom.